The maximum Gasteiger partial charge on any atom is 0.417 e. The quantitative estimate of drug-likeness (QED) is 0.753. The van der Waals surface area contributed by atoms with Crippen molar-refractivity contribution in [3.63, 3.8) is 0 Å². The number of hydrogen-bond acceptors (Lipinski definition) is 1. The average molecular weight is 265 g/mol. The molecule has 0 unspecified atom stereocenters. The van der Waals surface area contributed by atoms with Crippen LogP contribution in [0.25, 0.3) is 11.1 Å². The average Bonchev–Trinajstić information content (AvgIpc) is 2.38. The van der Waals surface area contributed by atoms with Gasteiger partial charge in [0.1, 0.15) is 0 Å². The minimum Gasteiger partial charge on any atom is -0.260 e. The zero-order valence-corrected chi connectivity index (χ0v) is 10.7. The Hall–Kier alpha value is -1.84. The molecule has 0 N–H and O–H groups in total. The number of benzene rings is 1. The minimum absolute atomic E-state index is 0.165. The van der Waals surface area contributed by atoms with E-state index >= 15 is 0 Å². The summed E-state index contributed by atoms with van der Waals surface area (Å²) in [7, 11) is 0. The molecule has 1 nitrogen and oxygen atoms in total. The summed E-state index contributed by atoms with van der Waals surface area (Å²) in [5.41, 5.74) is 0.887. The molecule has 0 atom stereocenters. The number of aromatic nitrogens is 1. The van der Waals surface area contributed by atoms with Crippen LogP contribution in [-0.2, 0) is 6.18 Å². The van der Waals surface area contributed by atoms with Crippen LogP contribution in [0.2, 0.25) is 0 Å². The first-order valence-electron chi connectivity index (χ1n) is 6.02. The fourth-order valence-corrected chi connectivity index (χ4v) is 1.89. The van der Waals surface area contributed by atoms with Crippen LogP contribution in [0.3, 0.4) is 0 Å². The van der Waals surface area contributed by atoms with Gasteiger partial charge in [-0.3, -0.25) is 4.98 Å². The van der Waals surface area contributed by atoms with Crippen molar-refractivity contribution in [2.24, 2.45) is 0 Å². The number of rotatable bonds is 2. The normalized spacial score (nSPS) is 11.9. The molecule has 0 fully saturated rings. The van der Waals surface area contributed by atoms with Gasteiger partial charge in [-0.1, -0.05) is 38.1 Å². The lowest BCUT2D eigenvalue weighted by molar-refractivity contribution is -0.137. The van der Waals surface area contributed by atoms with Gasteiger partial charge in [0.2, 0.25) is 0 Å². The first-order valence-corrected chi connectivity index (χ1v) is 6.02. The zero-order valence-electron chi connectivity index (χ0n) is 10.7. The summed E-state index contributed by atoms with van der Waals surface area (Å²) in [5.74, 6) is 0.256. The molecule has 2 rings (SSSR count). The van der Waals surface area contributed by atoms with E-state index in [1.807, 2.05) is 13.8 Å². The van der Waals surface area contributed by atoms with E-state index < -0.39 is 11.7 Å². The molecule has 0 aliphatic carbocycles. The van der Waals surface area contributed by atoms with Gasteiger partial charge in [-0.2, -0.15) is 13.2 Å². The van der Waals surface area contributed by atoms with Crippen molar-refractivity contribution in [2.75, 3.05) is 0 Å². The Bertz CT molecular complexity index is 556. The van der Waals surface area contributed by atoms with Gasteiger partial charge in [-0.15, -0.1) is 0 Å². The van der Waals surface area contributed by atoms with Crippen LogP contribution < -0.4 is 0 Å². The third-order valence-electron chi connectivity index (χ3n) is 2.92. The van der Waals surface area contributed by atoms with Gasteiger partial charge in [-0.25, -0.2) is 0 Å². The van der Waals surface area contributed by atoms with Gasteiger partial charge in [-0.05, 0) is 23.6 Å². The molecule has 0 bridgehead atoms. The van der Waals surface area contributed by atoms with E-state index in [1.54, 1.807) is 18.2 Å². The van der Waals surface area contributed by atoms with Crippen molar-refractivity contribution in [1.29, 1.82) is 0 Å². The van der Waals surface area contributed by atoms with Gasteiger partial charge in [0, 0.05) is 17.5 Å². The van der Waals surface area contributed by atoms with Crippen molar-refractivity contribution in [1.82, 2.24) is 4.98 Å². The molecule has 0 amide bonds. The predicted octanol–water partition coefficient (Wildman–Crippen LogP) is 4.89. The van der Waals surface area contributed by atoms with Gasteiger partial charge in [0.25, 0.3) is 0 Å². The van der Waals surface area contributed by atoms with Crippen molar-refractivity contribution >= 4 is 0 Å². The Kier molecular flexibility index (Phi) is 3.60. The monoisotopic (exact) mass is 265 g/mol. The van der Waals surface area contributed by atoms with Crippen LogP contribution in [0, 0.1) is 0 Å². The second-order valence-corrected chi connectivity index (χ2v) is 4.67. The smallest absolute Gasteiger partial charge is 0.260 e. The Morgan fingerprint density at radius 3 is 2.21 bits per heavy atom. The van der Waals surface area contributed by atoms with Crippen LogP contribution in [0.1, 0.15) is 31.0 Å². The van der Waals surface area contributed by atoms with Crippen molar-refractivity contribution in [3.8, 4) is 11.1 Å². The van der Waals surface area contributed by atoms with Gasteiger partial charge in [0.05, 0.1) is 5.56 Å². The van der Waals surface area contributed by atoms with Crippen LogP contribution in [0.4, 0.5) is 13.2 Å². The van der Waals surface area contributed by atoms with Crippen LogP contribution in [0.5, 0.6) is 0 Å². The van der Waals surface area contributed by atoms with Gasteiger partial charge >= 0.3 is 6.18 Å². The number of nitrogens with zero attached hydrogens (tertiary/aromatic N) is 1. The van der Waals surface area contributed by atoms with Crippen LogP contribution in [0.15, 0.2) is 42.6 Å². The van der Waals surface area contributed by atoms with Crippen LogP contribution >= 0.6 is 0 Å². The maximum absolute atomic E-state index is 12.9. The summed E-state index contributed by atoms with van der Waals surface area (Å²) in [6, 6.07) is 9.00. The lowest BCUT2D eigenvalue weighted by Gasteiger charge is -2.13. The molecule has 0 saturated heterocycles. The molecule has 0 spiro atoms. The molecule has 1 aromatic carbocycles. The summed E-state index contributed by atoms with van der Waals surface area (Å²) in [6.07, 6.45) is -2.85. The highest BCUT2D eigenvalue weighted by molar-refractivity contribution is 5.67. The van der Waals surface area contributed by atoms with E-state index in [4.69, 9.17) is 0 Å². The third kappa shape index (κ3) is 2.95. The Balaban J connectivity index is 2.48. The van der Waals surface area contributed by atoms with E-state index in [2.05, 4.69) is 4.98 Å². The summed E-state index contributed by atoms with van der Waals surface area (Å²) in [6.45, 7) is 3.98. The first kappa shape index (κ1) is 13.6. The second-order valence-electron chi connectivity index (χ2n) is 4.67. The standard InChI is InChI=1S/C15H14F3N/c1-10(2)14-8-7-11(9-19-14)12-5-3-4-6-13(12)15(16,17)18/h3-10H,1-2H3. The third-order valence-corrected chi connectivity index (χ3v) is 2.92. The number of alkyl halides is 3. The van der Waals surface area contributed by atoms with E-state index in [0.29, 0.717) is 5.56 Å². The zero-order chi connectivity index (χ0) is 14.0. The van der Waals surface area contributed by atoms with Gasteiger partial charge in [0.15, 0.2) is 0 Å². The van der Waals surface area contributed by atoms with E-state index in [-0.39, 0.29) is 11.5 Å². The molecule has 1 heterocycles. The SMILES string of the molecule is CC(C)c1ccc(-c2ccccc2C(F)(F)F)cn1. The predicted molar refractivity (Wildman–Crippen MR) is 68.8 cm³/mol. The Morgan fingerprint density at radius 2 is 1.68 bits per heavy atom. The highest BCUT2D eigenvalue weighted by Gasteiger charge is 2.33. The Morgan fingerprint density at radius 1 is 1.00 bits per heavy atom. The van der Waals surface area contributed by atoms with E-state index in [1.165, 1.54) is 18.3 Å². The van der Waals surface area contributed by atoms with Crippen molar-refractivity contribution in [3.05, 3.63) is 53.9 Å². The molecule has 0 aliphatic rings. The second kappa shape index (κ2) is 5.03. The van der Waals surface area contributed by atoms with Crippen molar-refractivity contribution in [2.45, 2.75) is 25.9 Å². The lowest BCUT2D eigenvalue weighted by atomic mass is 10.00. The lowest BCUT2D eigenvalue weighted by Crippen LogP contribution is -2.07. The maximum atomic E-state index is 12.9. The summed E-state index contributed by atoms with van der Waals surface area (Å²) in [5, 5.41) is 0. The molecule has 0 aliphatic heterocycles. The molecule has 19 heavy (non-hydrogen) atoms. The van der Waals surface area contributed by atoms with Gasteiger partial charge < -0.3 is 0 Å². The number of pyridine rings is 1. The molecule has 0 radical (unpaired) electrons. The fraction of sp³-hybridized carbons (Fsp3) is 0.267. The van der Waals surface area contributed by atoms with Crippen molar-refractivity contribution < 1.29 is 13.2 Å². The molecule has 2 aromatic rings. The largest absolute Gasteiger partial charge is 0.417 e. The summed E-state index contributed by atoms with van der Waals surface area (Å²) in [4.78, 5) is 4.21. The summed E-state index contributed by atoms with van der Waals surface area (Å²) < 4.78 is 38.8. The highest BCUT2D eigenvalue weighted by Crippen LogP contribution is 2.36. The van der Waals surface area contributed by atoms with E-state index in [9.17, 15) is 13.2 Å². The number of hydrogen-bond donors (Lipinski definition) is 0. The minimum atomic E-state index is -4.35. The molecular formula is C15H14F3N. The number of halogens is 3. The van der Waals surface area contributed by atoms with Crippen LogP contribution in [-0.4, -0.2) is 4.98 Å². The topological polar surface area (TPSA) is 12.9 Å². The Labute approximate surface area is 110 Å². The fourth-order valence-electron chi connectivity index (χ4n) is 1.89. The first-order chi connectivity index (χ1) is 8.89. The molecule has 100 valence electrons. The highest BCUT2D eigenvalue weighted by atomic mass is 19.4. The molecular weight excluding hydrogens is 251 g/mol. The summed E-state index contributed by atoms with van der Waals surface area (Å²) >= 11 is 0. The molecule has 0 saturated carbocycles. The van der Waals surface area contributed by atoms with E-state index in [0.717, 1.165) is 11.8 Å². The molecule has 1 aromatic heterocycles. The molecule has 4 heteroatoms.